The molecule has 4 nitrogen and oxygen atoms in total. The fraction of sp³-hybridized carbons (Fsp3) is 0. The van der Waals surface area contributed by atoms with Gasteiger partial charge in [-0.1, -0.05) is 0 Å². The Labute approximate surface area is 113 Å². The first-order valence-corrected chi connectivity index (χ1v) is 6.07. The second kappa shape index (κ2) is 4.27. The molecule has 0 saturated carbocycles. The maximum absolute atomic E-state index is 13.7. The minimum absolute atomic E-state index is 0.0621. The van der Waals surface area contributed by atoms with Crippen LogP contribution in [0.3, 0.4) is 0 Å². The molecule has 2 aromatic heterocycles. The lowest BCUT2D eigenvalue weighted by Gasteiger charge is -2.04. The predicted octanol–water partition coefficient (Wildman–Crippen LogP) is 2.75. The zero-order valence-electron chi connectivity index (χ0n) is 9.32. The lowest BCUT2D eigenvalue weighted by Crippen LogP contribution is -2.09. The average Bonchev–Trinajstić information content (AvgIpc) is 2.76. The molecular formula is C12H6BrF2N3O. The van der Waals surface area contributed by atoms with Crippen molar-refractivity contribution in [2.24, 2.45) is 0 Å². The summed E-state index contributed by atoms with van der Waals surface area (Å²) in [6.45, 7) is 0. The lowest BCUT2D eigenvalue weighted by molar-refractivity contribution is 0.588. The molecule has 0 radical (unpaired) electrons. The molecule has 0 saturated heterocycles. The van der Waals surface area contributed by atoms with Gasteiger partial charge in [-0.15, -0.1) is 0 Å². The maximum atomic E-state index is 13.7. The summed E-state index contributed by atoms with van der Waals surface area (Å²) in [4.78, 5) is 14.1. The summed E-state index contributed by atoms with van der Waals surface area (Å²) in [5.41, 5.74) is -0.128. The van der Waals surface area contributed by atoms with Crippen molar-refractivity contribution in [2.75, 3.05) is 0 Å². The second-order valence-corrected chi connectivity index (χ2v) is 4.76. The van der Waals surface area contributed by atoms with E-state index >= 15 is 0 Å². The van der Waals surface area contributed by atoms with E-state index in [1.165, 1.54) is 6.20 Å². The monoisotopic (exact) mass is 325 g/mol. The van der Waals surface area contributed by atoms with Crippen molar-refractivity contribution in [3.63, 3.8) is 0 Å². The summed E-state index contributed by atoms with van der Waals surface area (Å²) in [6.07, 6.45) is 1.46. The predicted molar refractivity (Wildman–Crippen MR) is 69.3 cm³/mol. The largest absolute Gasteiger partial charge is 0.305 e. The Balaban J connectivity index is 2.34. The molecule has 0 aliphatic rings. The number of rotatable bonds is 1. The Morgan fingerprint density at radius 3 is 2.84 bits per heavy atom. The van der Waals surface area contributed by atoms with E-state index < -0.39 is 11.6 Å². The van der Waals surface area contributed by atoms with Crippen molar-refractivity contribution in [3.8, 4) is 5.69 Å². The highest BCUT2D eigenvalue weighted by molar-refractivity contribution is 9.10. The average molecular weight is 326 g/mol. The van der Waals surface area contributed by atoms with Crippen LogP contribution < -0.4 is 5.56 Å². The van der Waals surface area contributed by atoms with E-state index in [1.807, 2.05) is 0 Å². The Morgan fingerprint density at radius 1 is 1.26 bits per heavy atom. The van der Waals surface area contributed by atoms with Gasteiger partial charge in [-0.05, 0) is 34.1 Å². The van der Waals surface area contributed by atoms with Crippen molar-refractivity contribution in [3.05, 3.63) is 56.9 Å². The van der Waals surface area contributed by atoms with Crippen LogP contribution in [-0.2, 0) is 0 Å². The Morgan fingerprint density at radius 2 is 2.05 bits per heavy atom. The molecule has 19 heavy (non-hydrogen) atoms. The molecule has 0 bridgehead atoms. The van der Waals surface area contributed by atoms with Crippen molar-refractivity contribution in [1.82, 2.24) is 14.8 Å². The SMILES string of the molecule is O=c1[nH]c2c(cnn2-c2cc(F)ccc2F)cc1Br. The van der Waals surface area contributed by atoms with Gasteiger partial charge < -0.3 is 4.98 Å². The van der Waals surface area contributed by atoms with Crippen molar-refractivity contribution < 1.29 is 8.78 Å². The van der Waals surface area contributed by atoms with Gasteiger partial charge >= 0.3 is 0 Å². The van der Waals surface area contributed by atoms with E-state index in [0.29, 0.717) is 15.5 Å². The van der Waals surface area contributed by atoms with E-state index in [9.17, 15) is 13.6 Å². The van der Waals surface area contributed by atoms with Crippen molar-refractivity contribution in [1.29, 1.82) is 0 Å². The summed E-state index contributed by atoms with van der Waals surface area (Å²) in [6, 6.07) is 4.61. The standard InChI is InChI=1S/C12H6BrF2N3O/c13-8-3-6-5-16-18(11(6)17-12(8)19)10-4-7(14)1-2-9(10)15/h1-5H,(H,17,19). The summed E-state index contributed by atoms with van der Waals surface area (Å²) >= 11 is 3.09. The molecule has 0 aliphatic carbocycles. The van der Waals surface area contributed by atoms with Crippen LogP contribution in [0.1, 0.15) is 0 Å². The summed E-state index contributed by atoms with van der Waals surface area (Å²) < 4.78 is 28.4. The molecule has 1 aromatic carbocycles. The van der Waals surface area contributed by atoms with Gasteiger partial charge in [0.25, 0.3) is 5.56 Å². The van der Waals surface area contributed by atoms with Gasteiger partial charge in [0, 0.05) is 11.5 Å². The molecular weight excluding hydrogens is 320 g/mol. The van der Waals surface area contributed by atoms with Crippen LogP contribution in [0, 0.1) is 11.6 Å². The molecule has 3 aromatic rings. The molecule has 2 heterocycles. The fourth-order valence-electron chi connectivity index (χ4n) is 1.79. The molecule has 3 rings (SSSR count). The first-order valence-electron chi connectivity index (χ1n) is 5.28. The van der Waals surface area contributed by atoms with Gasteiger partial charge in [0.2, 0.25) is 0 Å². The Kier molecular flexibility index (Phi) is 2.70. The van der Waals surface area contributed by atoms with Gasteiger partial charge in [-0.3, -0.25) is 4.79 Å². The van der Waals surface area contributed by atoms with Crippen LogP contribution in [0.25, 0.3) is 16.7 Å². The molecule has 0 spiro atoms. The highest BCUT2D eigenvalue weighted by Crippen LogP contribution is 2.20. The third kappa shape index (κ3) is 1.95. The highest BCUT2D eigenvalue weighted by Gasteiger charge is 2.12. The minimum Gasteiger partial charge on any atom is -0.305 e. The topological polar surface area (TPSA) is 50.7 Å². The highest BCUT2D eigenvalue weighted by atomic mass is 79.9. The summed E-state index contributed by atoms with van der Waals surface area (Å²) in [5.74, 6) is -1.21. The van der Waals surface area contributed by atoms with Gasteiger partial charge in [-0.2, -0.15) is 5.10 Å². The molecule has 7 heteroatoms. The second-order valence-electron chi connectivity index (χ2n) is 3.90. The number of halogens is 3. The molecule has 0 amide bonds. The van der Waals surface area contributed by atoms with Crippen LogP contribution in [0.5, 0.6) is 0 Å². The number of hydrogen-bond donors (Lipinski definition) is 1. The number of aromatic nitrogens is 3. The number of pyridine rings is 1. The number of aromatic amines is 1. The van der Waals surface area contributed by atoms with Crippen molar-refractivity contribution >= 4 is 27.0 Å². The molecule has 1 N–H and O–H groups in total. The van der Waals surface area contributed by atoms with Crippen LogP contribution >= 0.6 is 15.9 Å². The van der Waals surface area contributed by atoms with Gasteiger partial charge in [0.05, 0.1) is 10.7 Å². The van der Waals surface area contributed by atoms with E-state index in [0.717, 1.165) is 22.9 Å². The third-order valence-corrected chi connectivity index (χ3v) is 3.25. The normalized spacial score (nSPS) is 11.1. The van der Waals surface area contributed by atoms with Crippen LogP contribution in [0.4, 0.5) is 8.78 Å². The lowest BCUT2D eigenvalue weighted by atomic mass is 10.3. The van der Waals surface area contributed by atoms with Gasteiger partial charge in [0.1, 0.15) is 23.0 Å². The van der Waals surface area contributed by atoms with Crippen molar-refractivity contribution in [2.45, 2.75) is 0 Å². The third-order valence-electron chi connectivity index (χ3n) is 2.66. The quantitative estimate of drug-likeness (QED) is 0.748. The Bertz CT molecular complexity index is 841. The Hall–Kier alpha value is -2.02. The van der Waals surface area contributed by atoms with E-state index in [2.05, 4.69) is 26.0 Å². The molecule has 0 atom stereocenters. The van der Waals surface area contributed by atoms with E-state index in [1.54, 1.807) is 6.07 Å². The molecule has 0 aliphatic heterocycles. The van der Waals surface area contributed by atoms with E-state index in [4.69, 9.17) is 0 Å². The number of nitrogens with zero attached hydrogens (tertiary/aromatic N) is 2. The fourth-order valence-corrected chi connectivity index (χ4v) is 2.14. The zero-order valence-corrected chi connectivity index (χ0v) is 10.9. The van der Waals surface area contributed by atoms with Crippen LogP contribution in [0.2, 0.25) is 0 Å². The van der Waals surface area contributed by atoms with Gasteiger partial charge in [-0.25, -0.2) is 13.5 Å². The smallest absolute Gasteiger partial charge is 0.263 e. The first-order chi connectivity index (χ1) is 9.06. The maximum Gasteiger partial charge on any atom is 0.263 e. The number of H-pyrrole nitrogens is 1. The molecule has 0 unspecified atom stereocenters. The molecule has 0 fully saturated rings. The van der Waals surface area contributed by atoms with Crippen LogP contribution in [-0.4, -0.2) is 14.8 Å². The number of hydrogen-bond acceptors (Lipinski definition) is 2. The summed E-state index contributed by atoms with van der Waals surface area (Å²) in [5, 5.41) is 4.58. The van der Waals surface area contributed by atoms with E-state index in [-0.39, 0.29) is 11.2 Å². The van der Waals surface area contributed by atoms with Gasteiger partial charge in [0.15, 0.2) is 0 Å². The summed E-state index contributed by atoms with van der Waals surface area (Å²) in [7, 11) is 0. The number of benzene rings is 1. The van der Waals surface area contributed by atoms with Crippen LogP contribution in [0.15, 0.2) is 39.7 Å². The molecule has 96 valence electrons. The number of nitrogens with one attached hydrogen (secondary N) is 1. The minimum atomic E-state index is -0.629. The first kappa shape index (κ1) is 12.0. The zero-order chi connectivity index (χ0) is 13.6. The number of fused-ring (bicyclic) bond motifs is 1.